The largest absolute Gasteiger partial charge is 0.495 e. The Morgan fingerprint density at radius 3 is 2.72 bits per heavy atom. The van der Waals surface area contributed by atoms with Crippen molar-refractivity contribution in [1.29, 1.82) is 0 Å². The van der Waals surface area contributed by atoms with Crippen LogP contribution in [0, 0.1) is 0 Å². The molecule has 1 aromatic carbocycles. The van der Waals surface area contributed by atoms with Gasteiger partial charge in [-0.25, -0.2) is 0 Å². The number of ether oxygens (including phenoxy) is 2. The van der Waals surface area contributed by atoms with Gasteiger partial charge in [-0.1, -0.05) is 11.6 Å². The predicted octanol–water partition coefficient (Wildman–Crippen LogP) is 2.04. The zero-order chi connectivity index (χ0) is 13.2. The number of halogens is 1. The third-order valence-electron chi connectivity index (χ3n) is 3.25. The molecule has 1 aliphatic heterocycles. The predicted molar refractivity (Wildman–Crippen MR) is 69.3 cm³/mol. The minimum absolute atomic E-state index is 0.0826. The first-order valence-corrected chi connectivity index (χ1v) is 6.19. The van der Waals surface area contributed by atoms with E-state index in [9.17, 15) is 4.79 Å². The molecule has 18 heavy (non-hydrogen) atoms. The monoisotopic (exact) mass is 269 g/mol. The zero-order valence-corrected chi connectivity index (χ0v) is 11.0. The highest BCUT2D eigenvalue weighted by molar-refractivity contribution is 6.32. The van der Waals surface area contributed by atoms with E-state index in [0.29, 0.717) is 42.4 Å². The molecule has 0 saturated carbocycles. The Balaban J connectivity index is 2.27. The van der Waals surface area contributed by atoms with Crippen LogP contribution in [0.1, 0.15) is 23.2 Å². The van der Waals surface area contributed by atoms with Crippen LogP contribution in [-0.2, 0) is 4.74 Å². The molecule has 2 rings (SSSR count). The highest BCUT2D eigenvalue weighted by atomic mass is 35.5. The molecule has 5 heteroatoms. The number of rotatable bonds is 3. The molecule has 0 radical (unpaired) electrons. The summed E-state index contributed by atoms with van der Waals surface area (Å²) in [6.45, 7) is 1.04. The summed E-state index contributed by atoms with van der Waals surface area (Å²) in [5.41, 5.74) is 5.85. The van der Waals surface area contributed by atoms with E-state index in [1.807, 2.05) is 0 Å². The number of Topliss-reactive ketones (excluding diaryl/α,β-unsaturated/α-hetero) is 1. The number of methoxy groups -OCH3 is 1. The fourth-order valence-electron chi connectivity index (χ4n) is 2.05. The molecule has 1 aliphatic rings. The molecule has 0 unspecified atom stereocenters. The maximum absolute atomic E-state index is 12.4. The van der Waals surface area contributed by atoms with E-state index >= 15 is 0 Å². The lowest BCUT2D eigenvalue weighted by atomic mass is 9.83. The van der Waals surface area contributed by atoms with E-state index in [1.165, 1.54) is 7.11 Å². The number of hydrogen-bond donors (Lipinski definition) is 1. The van der Waals surface area contributed by atoms with Gasteiger partial charge in [0.25, 0.3) is 0 Å². The van der Waals surface area contributed by atoms with Crippen LogP contribution in [0.2, 0.25) is 5.02 Å². The van der Waals surface area contributed by atoms with E-state index in [0.717, 1.165) is 0 Å². The van der Waals surface area contributed by atoms with Crippen LogP contribution in [0.3, 0.4) is 0 Å². The summed E-state index contributed by atoms with van der Waals surface area (Å²) in [5, 5.41) is 0.479. The lowest BCUT2D eigenvalue weighted by molar-refractivity contribution is 0.0447. The Bertz CT molecular complexity index is 456. The topological polar surface area (TPSA) is 61.5 Å². The van der Waals surface area contributed by atoms with Gasteiger partial charge in [-0.2, -0.15) is 0 Å². The second-order valence-corrected chi connectivity index (χ2v) is 4.85. The molecule has 1 saturated heterocycles. The fraction of sp³-hybridized carbons (Fsp3) is 0.462. The van der Waals surface area contributed by atoms with Crippen LogP contribution in [0.15, 0.2) is 18.2 Å². The standard InChI is InChI=1S/C13H16ClNO3/c1-17-11-8-9(2-3-10(11)14)12(16)13(15)4-6-18-7-5-13/h2-3,8H,4-7,15H2,1H3. The minimum atomic E-state index is -0.836. The summed E-state index contributed by atoms with van der Waals surface area (Å²) in [4.78, 5) is 12.4. The minimum Gasteiger partial charge on any atom is -0.495 e. The van der Waals surface area contributed by atoms with Crippen LogP contribution in [0.5, 0.6) is 5.75 Å². The van der Waals surface area contributed by atoms with Gasteiger partial charge >= 0.3 is 0 Å². The molecule has 1 heterocycles. The van der Waals surface area contributed by atoms with Gasteiger partial charge in [-0.05, 0) is 31.0 Å². The van der Waals surface area contributed by atoms with Crippen LogP contribution in [0.25, 0.3) is 0 Å². The Labute approximate surface area is 111 Å². The normalized spacial score (nSPS) is 18.4. The smallest absolute Gasteiger partial charge is 0.182 e. The molecule has 1 fully saturated rings. The zero-order valence-electron chi connectivity index (χ0n) is 10.2. The van der Waals surface area contributed by atoms with Crippen LogP contribution >= 0.6 is 11.6 Å². The van der Waals surface area contributed by atoms with Crippen molar-refractivity contribution in [3.05, 3.63) is 28.8 Å². The first-order valence-electron chi connectivity index (χ1n) is 5.82. The highest BCUT2D eigenvalue weighted by Crippen LogP contribution is 2.29. The van der Waals surface area contributed by atoms with E-state index in [4.69, 9.17) is 26.8 Å². The van der Waals surface area contributed by atoms with Crippen molar-refractivity contribution in [2.45, 2.75) is 18.4 Å². The van der Waals surface area contributed by atoms with E-state index in [-0.39, 0.29) is 5.78 Å². The molecule has 4 nitrogen and oxygen atoms in total. The second kappa shape index (κ2) is 5.26. The molecule has 0 aliphatic carbocycles. The van der Waals surface area contributed by atoms with Crippen molar-refractivity contribution >= 4 is 17.4 Å². The summed E-state index contributed by atoms with van der Waals surface area (Å²) in [6.07, 6.45) is 1.08. The molecular weight excluding hydrogens is 254 g/mol. The summed E-state index contributed by atoms with van der Waals surface area (Å²) < 4.78 is 10.3. The van der Waals surface area contributed by atoms with Crippen LogP contribution in [0.4, 0.5) is 0 Å². The van der Waals surface area contributed by atoms with Gasteiger partial charge in [0.2, 0.25) is 0 Å². The second-order valence-electron chi connectivity index (χ2n) is 4.45. The van der Waals surface area contributed by atoms with E-state index in [2.05, 4.69) is 0 Å². The summed E-state index contributed by atoms with van der Waals surface area (Å²) in [6, 6.07) is 4.96. The Morgan fingerprint density at radius 2 is 2.11 bits per heavy atom. The van der Waals surface area contributed by atoms with Crippen molar-refractivity contribution in [1.82, 2.24) is 0 Å². The lowest BCUT2D eigenvalue weighted by Gasteiger charge is -2.31. The number of ketones is 1. The summed E-state index contributed by atoms with van der Waals surface area (Å²) in [5.74, 6) is 0.402. The van der Waals surface area contributed by atoms with E-state index < -0.39 is 5.54 Å². The van der Waals surface area contributed by atoms with Crippen molar-refractivity contribution in [2.75, 3.05) is 20.3 Å². The average Bonchev–Trinajstić information content (AvgIpc) is 2.39. The third kappa shape index (κ3) is 2.51. The molecule has 0 bridgehead atoms. The third-order valence-corrected chi connectivity index (χ3v) is 3.56. The van der Waals surface area contributed by atoms with Crippen molar-refractivity contribution in [2.24, 2.45) is 5.73 Å². The maximum Gasteiger partial charge on any atom is 0.182 e. The fourth-order valence-corrected chi connectivity index (χ4v) is 2.25. The number of benzene rings is 1. The van der Waals surface area contributed by atoms with Gasteiger partial charge in [-0.15, -0.1) is 0 Å². The van der Waals surface area contributed by atoms with Crippen LogP contribution < -0.4 is 10.5 Å². The lowest BCUT2D eigenvalue weighted by Crippen LogP contribution is -2.51. The van der Waals surface area contributed by atoms with Crippen molar-refractivity contribution in [3.8, 4) is 5.75 Å². The molecule has 0 amide bonds. The van der Waals surface area contributed by atoms with Crippen molar-refractivity contribution in [3.63, 3.8) is 0 Å². The number of carbonyl (C=O) groups is 1. The Kier molecular flexibility index (Phi) is 3.90. The van der Waals surface area contributed by atoms with E-state index in [1.54, 1.807) is 18.2 Å². The first-order chi connectivity index (χ1) is 8.57. The van der Waals surface area contributed by atoms with Gasteiger partial charge < -0.3 is 15.2 Å². The van der Waals surface area contributed by atoms with Crippen molar-refractivity contribution < 1.29 is 14.3 Å². The molecule has 0 aromatic heterocycles. The Hall–Kier alpha value is -1.10. The number of carbonyl (C=O) groups excluding carboxylic acids is 1. The summed E-state index contributed by atoms with van der Waals surface area (Å²) in [7, 11) is 1.52. The SMILES string of the molecule is COc1cc(C(=O)C2(N)CCOCC2)ccc1Cl. The molecule has 1 aromatic rings. The van der Waals surface area contributed by atoms with Gasteiger partial charge in [0.15, 0.2) is 5.78 Å². The van der Waals surface area contributed by atoms with Gasteiger partial charge in [0.05, 0.1) is 17.7 Å². The first kappa shape index (κ1) is 13.3. The molecule has 0 spiro atoms. The number of hydrogen-bond acceptors (Lipinski definition) is 4. The Morgan fingerprint density at radius 1 is 1.44 bits per heavy atom. The van der Waals surface area contributed by atoms with Gasteiger partial charge in [0, 0.05) is 18.8 Å². The average molecular weight is 270 g/mol. The van der Waals surface area contributed by atoms with Gasteiger partial charge in [0.1, 0.15) is 5.75 Å². The highest BCUT2D eigenvalue weighted by Gasteiger charge is 2.36. The maximum atomic E-state index is 12.4. The number of nitrogens with two attached hydrogens (primary N) is 1. The summed E-state index contributed by atoms with van der Waals surface area (Å²) >= 11 is 5.93. The molecular formula is C13H16ClNO3. The molecule has 2 N–H and O–H groups in total. The quantitative estimate of drug-likeness (QED) is 0.853. The molecule has 0 atom stereocenters. The van der Waals surface area contributed by atoms with Gasteiger partial charge in [-0.3, -0.25) is 4.79 Å². The molecule has 98 valence electrons. The van der Waals surface area contributed by atoms with Crippen LogP contribution in [-0.4, -0.2) is 31.6 Å².